The van der Waals surface area contributed by atoms with Crippen LogP contribution in [0.4, 0.5) is 0 Å². The number of hydrogen-bond donors (Lipinski definition) is 2. The molecule has 5 heteroatoms. The molecule has 0 atom stereocenters. The average Bonchev–Trinajstić information content (AvgIpc) is 2.29. The van der Waals surface area contributed by atoms with Crippen LogP contribution < -0.4 is 0 Å². The molecule has 80 valence electrons. The fourth-order valence-electron chi connectivity index (χ4n) is 1.05. The van der Waals surface area contributed by atoms with Gasteiger partial charge in [-0.3, -0.25) is 0 Å². The maximum atomic E-state index is 9.62. The maximum Gasteiger partial charge on any atom is 0.114 e. The van der Waals surface area contributed by atoms with Gasteiger partial charge in [-0.25, -0.2) is 4.68 Å². The smallest absolute Gasteiger partial charge is 0.114 e. The van der Waals surface area contributed by atoms with E-state index < -0.39 is 11.2 Å². The predicted octanol–water partition coefficient (Wildman–Crippen LogP) is 0.276. The molecule has 14 heavy (non-hydrogen) atoms. The number of hydrogen-bond acceptors (Lipinski definition) is 4. The van der Waals surface area contributed by atoms with Gasteiger partial charge >= 0.3 is 0 Å². The molecular weight excluding hydrogens is 182 g/mol. The highest BCUT2D eigenvalue weighted by Crippen LogP contribution is 2.16. The molecule has 0 aromatic carbocycles. The van der Waals surface area contributed by atoms with Gasteiger partial charge in [0, 0.05) is 0 Å². The van der Waals surface area contributed by atoms with Crippen molar-refractivity contribution in [3.05, 3.63) is 11.9 Å². The van der Waals surface area contributed by atoms with Crippen LogP contribution in [0.2, 0.25) is 0 Å². The quantitative estimate of drug-likeness (QED) is 0.733. The summed E-state index contributed by atoms with van der Waals surface area (Å²) in [5, 5.41) is 26.8. The predicted molar refractivity (Wildman–Crippen MR) is 51.6 cm³/mol. The van der Waals surface area contributed by atoms with Crippen LogP contribution in [0.5, 0.6) is 0 Å². The molecular formula is C9H17N3O2. The zero-order valence-corrected chi connectivity index (χ0v) is 9.02. The second kappa shape index (κ2) is 3.33. The first kappa shape index (κ1) is 11.1. The summed E-state index contributed by atoms with van der Waals surface area (Å²) in [6.07, 6.45) is 1.64. The van der Waals surface area contributed by atoms with Gasteiger partial charge in [-0.05, 0) is 27.7 Å². The lowest BCUT2D eigenvalue weighted by Gasteiger charge is -2.16. The van der Waals surface area contributed by atoms with E-state index in [2.05, 4.69) is 10.3 Å². The standard InChI is InChI=1S/C9H17N3O2/c1-8(2,13)6-12-5-7(10-11-12)9(3,4)14/h5,13-14H,6H2,1-4H3. The maximum absolute atomic E-state index is 9.62. The highest BCUT2D eigenvalue weighted by Gasteiger charge is 2.21. The fourth-order valence-corrected chi connectivity index (χ4v) is 1.05. The lowest BCUT2D eigenvalue weighted by Crippen LogP contribution is -2.26. The Morgan fingerprint density at radius 2 is 1.86 bits per heavy atom. The Hall–Kier alpha value is -0.940. The molecule has 0 aliphatic carbocycles. The van der Waals surface area contributed by atoms with Crippen molar-refractivity contribution in [1.82, 2.24) is 15.0 Å². The van der Waals surface area contributed by atoms with E-state index in [-0.39, 0.29) is 0 Å². The molecule has 0 spiro atoms. The zero-order chi connectivity index (χ0) is 11.0. The highest BCUT2D eigenvalue weighted by molar-refractivity contribution is 5.02. The Balaban J connectivity index is 2.79. The van der Waals surface area contributed by atoms with E-state index in [0.29, 0.717) is 12.2 Å². The van der Waals surface area contributed by atoms with Crippen molar-refractivity contribution in [3.8, 4) is 0 Å². The molecule has 0 amide bonds. The normalized spacial score (nSPS) is 13.3. The van der Waals surface area contributed by atoms with E-state index in [0.717, 1.165) is 0 Å². The molecule has 1 aromatic rings. The average molecular weight is 199 g/mol. The van der Waals surface area contributed by atoms with Crippen molar-refractivity contribution in [3.63, 3.8) is 0 Å². The van der Waals surface area contributed by atoms with E-state index in [1.807, 2.05) is 0 Å². The third-order valence-corrected chi connectivity index (χ3v) is 1.71. The Labute approximate surface area is 83.4 Å². The van der Waals surface area contributed by atoms with Gasteiger partial charge in [0.05, 0.1) is 18.3 Å². The lowest BCUT2D eigenvalue weighted by atomic mass is 10.1. The van der Waals surface area contributed by atoms with Gasteiger partial charge in [0.25, 0.3) is 0 Å². The fraction of sp³-hybridized carbons (Fsp3) is 0.778. The molecule has 0 radical (unpaired) electrons. The van der Waals surface area contributed by atoms with Crippen LogP contribution in [-0.2, 0) is 12.1 Å². The van der Waals surface area contributed by atoms with E-state index >= 15 is 0 Å². The first-order valence-electron chi connectivity index (χ1n) is 4.54. The Morgan fingerprint density at radius 3 is 2.21 bits per heavy atom. The summed E-state index contributed by atoms with van der Waals surface area (Å²) in [6.45, 7) is 7.03. The van der Waals surface area contributed by atoms with Crippen LogP contribution in [-0.4, -0.2) is 30.8 Å². The van der Waals surface area contributed by atoms with Crippen LogP contribution in [0.25, 0.3) is 0 Å². The Morgan fingerprint density at radius 1 is 1.29 bits per heavy atom. The molecule has 0 saturated heterocycles. The molecule has 0 aliphatic rings. The summed E-state index contributed by atoms with van der Waals surface area (Å²) in [7, 11) is 0. The van der Waals surface area contributed by atoms with Crippen molar-refractivity contribution in [2.24, 2.45) is 0 Å². The molecule has 2 N–H and O–H groups in total. The first-order chi connectivity index (χ1) is 6.18. The van der Waals surface area contributed by atoms with Crippen molar-refractivity contribution < 1.29 is 10.2 Å². The van der Waals surface area contributed by atoms with Crippen molar-refractivity contribution in [1.29, 1.82) is 0 Å². The van der Waals surface area contributed by atoms with E-state index in [1.54, 1.807) is 33.9 Å². The zero-order valence-electron chi connectivity index (χ0n) is 9.02. The van der Waals surface area contributed by atoms with Crippen LogP contribution in [0.15, 0.2) is 6.20 Å². The van der Waals surface area contributed by atoms with Crippen molar-refractivity contribution >= 4 is 0 Å². The van der Waals surface area contributed by atoms with E-state index in [9.17, 15) is 10.2 Å². The second-order valence-electron chi connectivity index (χ2n) is 4.67. The summed E-state index contributed by atoms with van der Waals surface area (Å²) < 4.78 is 1.52. The molecule has 1 heterocycles. The molecule has 0 fully saturated rings. The molecule has 1 rings (SSSR count). The van der Waals surface area contributed by atoms with Gasteiger partial charge in [-0.2, -0.15) is 0 Å². The summed E-state index contributed by atoms with van der Waals surface area (Å²) >= 11 is 0. The topological polar surface area (TPSA) is 71.2 Å². The molecule has 0 bridgehead atoms. The van der Waals surface area contributed by atoms with Gasteiger partial charge in [0.15, 0.2) is 0 Å². The van der Waals surface area contributed by atoms with E-state index in [4.69, 9.17) is 0 Å². The summed E-state index contributed by atoms with van der Waals surface area (Å²) in [6, 6.07) is 0. The SMILES string of the molecule is CC(C)(O)Cn1cc(C(C)(C)O)nn1. The number of aliphatic hydroxyl groups is 2. The summed E-state index contributed by atoms with van der Waals surface area (Å²) in [5.41, 5.74) is -1.32. The van der Waals surface area contributed by atoms with Crippen molar-refractivity contribution in [2.45, 2.75) is 45.4 Å². The molecule has 1 aromatic heterocycles. The minimum atomic E-state index is -0.988. The monoisotopic (exact) mass is 199 g/mol. The van der Waals surface area contributed by atoms with Crippen LogP contribution in [0, 0.1) is 0 Å². The lowest BCUT2D eigenvalue weighted by molar-refractivity contribution is 0.0566. The minimum absolute atomic E-state index is 0.357. The molecule has 5 nitrogen and oxygen atoms in total. The van der Waals surface area contributed by atoms with Crippen LogP contribution >= 0.6 is 0 Å². The number of aromatic nitrogens is 3. The Kier molecular flexibility index (Phi) is 2.65. The van der Waals surface area contributed by atoms with Gasteiger partial charge in [-0.1, -0.05) is 5.21 Å². The first-order valence-corrected chi connectivity index (χ1v) is 4.54. The highest BCUT2D eigenvalue weighted by atomic mass is 16.3. The van der Waals surface area contributed by atoms with Crippen molar-refractivity contribution in [2.75, 3.05) is 0 Å². The third kappa shape index (κ3) is 3.08. The molecule has 0 aliphatic heterocycles. The van der Waals surface area contributed by atoms with Crippen LogP contribution in [0.1, 0.15) is 33.4 Å². The molecule has 0 unspecified atom stereocenters. The van der Waals surface area contributed by atoms with Gasteiger partial charge in [0.2, 0.25) is 0 Å². The summed E-state index contributed by atoms with van der Waals surface area (Å²) in [5.74, 6) is 0. The van der Waals surface area contributed by atoms with Gasteiger partial charge in [-0.15, -0.1) is 5.10 Å². The largest absolute Gasteiger partial charge is 0.389 e. The third-order valence-electron chi connectivity index (χ3n) is 1.71. The molecule has 0 saturated carbocycles. The number of rotatable bonds is 3. The van der Waals surface area contributed by atoms with E-state index in [1.165, 1.54) is 4.68 Å². The Bertz CT molecular complexity index is 307. The van der Waals surface area contributed by atoms with Gasteiger partial charge in [0.1, 0.15) is 11.3 Å². The summed E-state index contributed by atoms with van der Waals surface area (Å²) in [4.78, 5) is 0. The van der Waals surface area contributed by atoms with Crippen LogP contribution in [0.3, 0.4) is 0 Å². The second-order valence-corrected chi connectivity index (χ2v) is 4.67. The number of nitrogens with zero attached hydrogens (tertiary/aromatic N) is 3. The minimum Gasteiger partial charge on any atom is -0.389 e. The van der Waals surface area contributed by atoms with Gasteiger partial charge < -0.3 is 10.2 Å².